The van der Waals surface area contributed by atoms with Crippen LogP contribution in [-0.4, -0.2) is 23.3 Å². The first-order chi connectivity index (χ1) is 7.02. The molecule has 1 rings (SSSR count). The van der Waals surface area contributed by atoms with E-state index in [0.717, 1.165) is 25.9 Å². The highest BCUT2D eigenvalue weighted by atomic mass is 16.6. The standard InChI is InChI=1S/C12H22O3/c1-10(5-3-7-11(13)14)6-4-8-12(2)9-15-12/h10H,3-9H2,1-2H3,(H,13,14). The highest BCUT2D eigenvalue weighted by molar-refractivity contribution is 5.66. The topological polar surface area (TPSA) is 49.8 Å². The lowest BCUT2D eigenvalue weighted by atomic mass is 9.95. The van der Waals surface area contributed by atoms with Crippen LogP contribution in [-0.2, 0) is 9.53 Å². The summed E-state index contributed by atoms with van der Waals surface area (Å²) in [6, 6.07) is 0. The van der Waals surface area contributed by atoms with E-state index in [2.05, 4.69) is 13.8 Å². The van der Waals surface area contributed by atoms with E-state index >= 15 is 0 Å². The van der Waals surface area contributed by atoms with Crippen molar-refractivity contribution in [3.05, 3.63) is 0 Å². The van der Waals surface area contributed by atoms with Crippen LogP contribution in [0.3, 0.4) is 0 Å². The largest absolute Gasteiger partial charge is 0.481 e. The Morgan fingerprint density at radius 1 is 1.47 bits per heavy atom. The zero-order chi connectivity index (χ0) is 11.3. The Hall–Kier alpha value is -0.570. The summed E-state index contributed by atoms with van der Waals surface area (Å²) in [6.07, 6.45) is 5.69. The molecular weight excluding hydrogens is 192 g/mol. The van der Waals surface area contributed by atoms with Crippen molar-refractivity contribution in [2.75, 3.05) is 6.61 Å². The van der Waals surface area contributed by atoms with E-state index in [1.165, 1.54) is 12.8 Å². The summed E-state index contributed by atoms with van der Waals surface area (Å²) in [6.45, 7) is 5.28. The summed E-state index contributed by atoms with van der Waals surface area (Å²) in [5, 5.41) is 8.50. The van der Waals surface area contributed by atoms with E-state index in [1.807, 2.05) is 0 Å². The quantitative estimate of drug-likeness (QED) is 0.632. The van der Waals surface area contributed by atoms with Crippen LogP contribution in [0.5, 0.6) is 0 Å². The number of hydrogen-bond donors (Lipinski definition) is 1. The van der Waals surface area contributed by atoms with Crippen LogP contribution in [0.2, 0.25) is 0 Å². The van der Waals surface area contributed by atoms with Gasteiger partial charge >= 0.3 is 5.97 Å². The first-order valence-electron chi connectivity index (χ1n) is 5.88. The van der Waals surface area contributed by atoms with Crippen LogP contribution >= 0.6 is 0 Å². The maximum atomic E-state index is 10.3. The van der Waals surface area contributed by atoms with Gasteiger partial charge in [0.05, 0.1) is 12.2 Å². The zero-order valence-corrected chi connectivity index (χ0v) is 9.79. The lowest BCUT2D eigenvalue weighted by molar-refractivity contribution is -0.137. The van der Waals surface area contributed by atoms with Crippen LogP contribution in [0.15, 0.2) is 0 Å². The Kier molecular flexibility index (Phi) is 4.58. The van der Waals surface area contributed by atoms with Gasteiger partial charge in [-0.2, -0.15) is 0 Å². The lowest BCUT2D eigenvalue weighted by Gasteiger charge is -2.11. The van der Waals surface area contributed by atoms with Crippen LogP contribution < -0.4 is 0 Å². The Morgan fingerprint density at radius 3 is 2.60 bits per heavy atom. The monoisotopic (exact) mass is 214 g/mol. The molecule has 2 unspecified atom stereocenters. The molecule has 1 aliphatic heterocycles. The zero-order valence-electron chi connectivity index (χ0n) is 9.79. The van der Waals surface area contributed by atoms with Gasteiger partial charge in [0, 0.05) is 6.42 Å². The Labute approximate surface area is 91.8 Å². The summed E-state index contributed by atoms with van der Waals surface area (Å²) in [5.74, 6) is -0.0345. The smallest absolute Gasteiger partial charge is 0.303 e. The van der Waals surface area contributed by atoms with Gasteiger partial charge < -0.3 is 9.84 Å². The predicted molar refractivity (Wildman–Crippen MR) is 58.9 cm³/mol. The van der Waals surface area contributed by atoms with E-state index in [1.54, 1.807) is 0 Å². The minimum absolute atomic E-state index is 0.181. The minimum atomic E-state index is -0.680. The second-order valence-corrected chi connectivity index (χ2v) is 5.02. The van der Waals surface area contributed by atoms with Gasteiger partial charge in [-0.05, 0) is 25.7 Å². The number of ether oxygens (including phenoxy) is 1. The molecule has 0 bridgehead atoms. The van der Waals surface area contributed by atoms with Gasteiger partial charge in [-0.25, -0.2) is 0 Å². The van der Waals surface area contributed by atoms with E-state index in [0.29, 0.717) is 12.3 Å². The average molecular weight is 214 g/mol. The number of aliphatic carboxylic acids is 1. The summed E-state index contributed by atoms with van der Waals surface area (Å²) in [5.41, 5.74) is 0.181. The molecule has 0 radical (unpaired) electrons. The molecule has 0 aromatic heterocycles. The van der Waals surface area contributed by atoms with Crippen molar-refractivity contribution in [3.63, 3.8) is 0 Å². The van der Waals surface area contributed by atoms with Gasteiger partial charge in [0.25, 0.3) is 0 Å². The van der Waals surface area contributed by atoms with Crippen molar-refractivity contribution in [3.8, 4) is 0 Å². The van der Waals surface area contributed by atoms with Crippen molar-refractivity contribution in [1.29, 1.82) is 0 Å². The molecule has 2 atom stereocenters. The van der Waals surface area contributed by atoms with E-state index in [9.17, 15) is 4.79 Å². The van der Waals surface area contributed by atoms with Gasteiger partial charge in [0.2, 0.25) is 0 Å². The predicted octanol–water partition coefficient (Wildman–Crippen LogP) is 2.84. The first kappa shape index (κ1) is 12.5. The molecule has 0 spiro atoms. The van der Waals surface area contributed by atoms with Gasteiger partial charge in [0.15, 0.2) is 0 Å². The number of carbonyl (C=O) groups is 1. The van der Waals surface area contributed by atoms with Crippen molar-refractivity contribution in [1.82, 2.24) is 0 Å². The third-order valence-corrected chi connectivity index (χ3v) is 3.13. The Bertz CT molecular complexity index is 209. The second-order valence-electron chi connectivity index (χ2n) is 5.02. The molecule has 0 amide bonds. The molecule has 1 saturated heterocycles. The molecule has 1 aliphatic rings. The van der Waals surface area contributed by atoms with Gasteiger partial charge in [-0.15, -0.1) is 0 Å². The van der Waals surface area contributed by atoms with Gasteiger partial charge in [-0.3, -0.25) is 4.79 Å². The van der Waals surface area contributed by atoms with Crippen molar-refractivity contribution in [2.24, 2.45) is 5.92 Å². The molecule has 0 aliphatic carbocycles. The number of rotatable bonds is 8. The highest BCUT2D eigenvalue weighted by Crippen LogP contribution is 2.32. The molecule has 1 fully saturated rings. The Balaban J connectivity index is 1.93. The first-order valence-corrected chi connectivity index (χ1v) is 5.88. The SMILES string of the molecule is CC(CCCC(=O)O)CCCC1(C)CO1. The minimum Gasteiger partial charge on any atom is -0.481 e. The fourth-order valence-electron chi connectivity index (χ4n) is 1.84. The Morgan fingerprint density at radius 2 is 2.07 bits per heavy atom. The number of carboxylic acids is 1. The van der Waals surface area contributed by atoms with Crippen LogP contribution in [0, 0.1) is 5.92 Å². The van der Waals surface area contributed by atoms with Crippen LogP contribution in [0.1, 0.15) is 52.4 Å². The highest BCUT2D eigenvalue weighted by Gasteiger charge is 2.38. The molecule has 3 nitrogen and oxygen atoms in total. The van der Waals surface area contributed by atoms with Gasteiger partial charge in [-0.1, -0.05) is 26.2 Å². The molecule has 0 aromatic rings. The third kappa shape index (κ3) is 5.78. The number of hydrogen-bond acceptors (Lipinski definition) is 2. The maximum absolute atomic E-state index is 10.3. The average Bonchev–Trinajstić information content (AvgIpc) is 2.83. The molecule has 15 heavy (non-hydrogen) atoms. The molecule has 1 N–H and O–H groups in total. The van der Waals surface area contributed by atoms with Crippen molar-refractivity contribution in [2.45, 2.75) is 58.0 Å². The van der Waals surface area contributed by atoms with Crippen molar-refractivity contribution >= 4 is 5.97 Å². The molecule has 88 valence electrons. The van der Waals surface area contributed by atoms with Crippen molar-refractivity contribution < 1.29 is 14.6 Å². The molecule has 3 heteroatoms. The van der Waals surface area contributed by atoms with Crippen LogP contribution in [0.25, 0.3) is 0 Å². The third-order valence-electron chi connectivity index (χ3n) is 3.13. The maximum Gasteiger partial charge on any atom is 0.303 e. The van der Waals surface area contributed by atoms with Gasteiger partial charge in [0.1, 0.15) is 0 Å². The summed E-state index contributed by atoms with van der Waals surface area (Å²) in [4.78, 5) is 10.3. The lowest BCUT2D eigenvalue weighted by Crippen LogP contribution is -2.05. The fourth-order valence-corrected chi connectivity index (χ4v) is 1.84. The number of epoxide rings is 1. The number of carboxylic acid groups (broad SMARTS) is 1. The summed E-state index contributed by atoms with van der Waals surface area (Å²) < 4.78 is 5.31. The summed E-state index contributed by atoms with van der Waals surface area (Å²) >= 11 is 0. The second kappa shape index (κ2) is 5.50. The molecule has 0 saturated carbocycles. The van der Waals surface area contributed by atoms with E-state index in [-0.39, 0.29) is 5.60 Å². The molecular formula is C12H22O3. The van der Waals surface area contributed by atoms with E-state index in [4.69, 9.17) is 9.84 Å². The van der Waals surface area contributed by atoms with Crippen LogP contribution in [0.4, 0.5) is 0 Å². The molecule has 1 heterocycles. The summed E-state index contributed by atoms with van der Waals surface area (Å²) in [7, 11) is 0. The normalized spacial score (nSPS) is 26.3. The fraction of sp³-hybridized carbons (Fsp3) is 0.917. The molecule has 0 aromatic carbocycles. The van der Waals surface area contributed by atoms with E-state index < -0.39 is 5.97 Å².